The van der Waals surface area contributed by atoms with Crippen molar-refractivity contribution in [2.45, 2.75) is 13.0 Å². The lowest BCUT2D eigenvalue weighted by atomic mass is 10.1. The number of amides is 1. The number of anilines is 1. The minimum atomic E-state index is -0.599. The fraction of sp³-hybridized carbons (Fsp3) is 0.167. The van der Waals surface area contributed by atoms with Crippen molar-refractivity contribution in [2.75, 3.05) is 12.8 Å². The highest BCUT2D eigenvalue weighted by Gasteiger charge is 2.22. The van der Waals surface area contributed by atoms with Crippen molar-refractivity contribution < 1.29 is 9.72 Å². The van der Waals surface area contributed by atoms with Crippen LogP contribution < -0.4 is 5.73 Å². The molecule has 2 aromatic carbocycles. The maximum Gasteiger partial charge on any atom is 0.292 e. The molecule has 0 saturated heterocycles. The molecule has 0 spiro atoms. The van der Waals surface area contributed by atoms with Gasteiger partial charge >= 0.3 is 0 Å². The van der Waals surface area contributed by atoms with Crippen LogP contribution in [0.3, 0.4) is 0 Å². The third-order valence-corrected chi connectivity index (χ3v) is 4.43. The van der Waals surface area contributed by atoms with Crippen LogP contribution in [0.4, 0.5) is 11.4 Å². The highest BCUT2D eigenvalue weighted by Crippen LogP contribution is 2.26. The first kappa shape index (κ1) is 18.1. The Kier molecular flexibility index (Phi) is 4.84. The van der Waals surface area contributed by atoms with E-state index in [0.29, 0.717) is 0 Å². The average molecular weight is 366 g/mol. The monoisotopic (exact) mass is 366 g/mol. The molecule has 1 aromatic heterocycles. The molecule has 1 amide bonds. The van der Waals surface area contributed by atoms with Gasteiger partial charge in [0.25, 0.3) is 11.6 Å². The molecule has 0 aliphatic rings. The highest BCUT2D eigenvalue weighted by atomic mass is 16.6. The van der Waals surface area contributed by atoms with Crippen LogP contribution in [-0.2, 0) is 0 Å². The number of rotatable bonds is 5. The number of nitro groups is 1. The summed E-state index contributed by atoms with van der Waals surface area (Å²) in [6.45, 7) is 1.88. The molecule has 1 heterocycles. The smallest absolute Gasteiger partial charge is 0.292 e. The molecule has 0 saturated carbocycles. The van der Waals surface area contributed by atoms with E-state index in [2.05, 4.69) is 10.1 Å². The average Bonchev–Trinajstić information content (AvgIpc) is 3.21. The first-order valence-corrected chi connectivity index (χ1v) is 8.14. The lowest BCUT2D eigenvalue weighted by Crippen LogP contribution is -2.29. The number of hydrogen-bond acceptors (Lipinski definition) is 6. The Bertz CT molecular complexity index is 969. The van der Waals surface area contributed by atoms with Crippen molar-refractivity contribution in [3.63, 3.8) is 0 Å². The first-order chi connectivity index (χ1) is 12.9. The van der Waals surface area contributed by atoms with Crippen LogP contribution in [-0.4, -0.2) is 37.5 Å². The molecule has 0 bridgehead atoms. The normalized spacial score (nSPS) is 11.8. The zero-order chi connectivity index (χ0) is 19.6. The van der Waals surface area contributed by atoms with E-state index in [4.69, 9.17) is 5.73 Å². The van der Waals surface area contributed by atoms with Crippen LogP contribution in [0.15, 0.2) is 55.1 Å². The predicted molar refractivity (Wildman–Crippen MR) is 99.4 cm³/mol. The van der Waals surface area contributed by atoms with Gasteiger partial charge in [-0.25, -0.2) is 9.67 Å². The zero-order valence-electron chi connectivity index (χ0n) is 14.8. The minimum absolute atomic E-state index is 0.0240. The summed E-state index contributed by atoms with van der Waals surface area (Å²) in [5.41, 5.74) is 7.32. The Balaban J connectivity index is 1.80. The highest BCUT2D eigenvalue weighted by molar-refractivity contribution is 5.95. The number of carbonyl (C=O) groups excluding carboxylic acids is 1. The first-order valence-electron chi connectivity index (χ1n) is 8.14. The molecule has 1 unspecified atom stereocenters. The number of carbonyl (C=O) groups is 1. The van der Waals surface area contributed by atoms with Gasteiger partial charge in [0, 0.05) is 18.7 Å². The molecule has 0 fully saturated rings. The van der Waals surface area contributed by atoms with Crippen molar-refractivity contribution in [1.29, 1.82) is 0 Å². The second kappa shape index (κ2) is 7.24. The van der Waals surface area contributed by atoms with E-state index in [1.165, 1.54) is 29.4 Å². The van der Waals surface area contributed by atoms with Gasteiger partial charge in [0.05, 0.1) is 16.7 Å². The summed E-state index contributed by atoms with van der Waals surface area (Å²) in [7, 11) is 1.65. The number of aromatic nitrogens is 3. The fourth-order valence-electron chi connectivity index (χ4n) is 2.69. The van der Waals surface area contributed by atoms with E-state index in [0.717, 1.165) is 11.3 Å². The van der Waals surface area contributed by atoms with E-state index < -0.39 is 4.92 Å². The van der Waals surface area contributed by atoms with Gasteiger partial charge in [0.2, 0.25) is 0 Å². The van der Waals surface area contributed by atoms with E-state index >= 15 is 0 Å². The molecule has 3 rings (SSSR count). The molecule has 1 atom stereocenters. The van der Waals surface area contributed by atoms with Gasteiger partial charge in [-0.05, 0) is 36.8 Å². The second-order valence-corrected chi connectivity index (χ2v) is 6.05. The van der Waals surface area contributed by atoms with Gasteiger partial charge in [-0.3, -0.25) is 14.9 Å². The molecular formula is C18H18N6O3. The molecule has 0 aliphatic carbocycles. The Morgan fingerprint density at radius 1 is 1.26 bits per heavy atom. The molecular weight excluding hydrogens is 348 g/mol. The topological polar surface area (TPSA) is 120 Å². The minimum Gasteiger partial charge on any atom is -0.393 e. The number of nitrogens with zero attached hydrogens (tertiary/aromatic N) is 5. The summed E-state index contributed by atoms with van der Waals surface area (Å²) in [6.07, 6.45) is 3.05. The second-order valence-electron chi connectivity index (χ2n) is 6.05. The molecule has 3 aromatic rings. The van der Waals surface area contributed by atoms with Gasteiger partial charge in [0.1, 0.15) is 18.3 Å². The van der Waals surface area contributed by atoms with Gasteiger partial charge in [-0.15, -0.1) is 0 Å². The van der Waals surface area contributed by atoms with Gasteiger partial charge in [-0.2, -0.15) is 5.10 Å². The lowest BCUT2D eigenvalue weighted by Gasteiger charge is -2.25. The summed E-state index contributed by atoms with van der Waals surface area (Å²) >= 11 is 0. The number of nitrogen functional groups attached to an aromatic ring is 1. The Hall–Kier alpha value is -3.75. The zero-order valence-corrected chi connectivity index (χ0v) is 14.8. The Morgan fingerprint density at radius 3 is 2.56 bits per heavy atom. The Morgan fingerprint density at radius 2 is 1.96 bits per heavy atom. The number of nitro benzene ring substituents is 1. The van der Waals surface area contributed by atoms with E-state index in [1.54, 1.807) is 18.1 Å². The van der Waals surface area contributed by atoms with Crippen molar-refractivity contribution in [3.8, 4) is 5.69 Å². The molecule has 0 aliphatic heterocycles. The SMILES string of the molecule is CC(c1ccc(-n2cncn2)cc1)N(C)C(=O)c1ccc(N)c([N+](=O)[O-])c1. The maximum atomic E-state index is 12.7. The van der Waals surface area contributed by atoms with Gasteiger partial charge in [0.15, 0.2) is 0 Å². The summed E-state index contributed by atoms with van der Waals surface area (Å²) in [5.74, 6) is -0.328. The molecule has 9 heteroatoms. The largest absolute Gasteiger partial charge is 0.393 e. The third-order valence-electron chi connectivity index (χ3n) is 4.43. The van der Waals surface area contributed by atoms with Crippen LogP contribution in [0.2, 0.25) is 0 Å². The van der Waals surface area contributed by atoms with Gasteiger partial charge in [-0.1, -0.05) is 12.1 Å². The molecule has 2 N–H and O–H groups in total. The van der Waals surface area contributed by atoms with Crippen molar-refractivity contribution in [1.82, 2.24) is 19.7 Å². The molecule has 138 valence electrons. The van der Waals surface area contributed by atoms with Crippen LogP contribution in [0.25, 0.3) is 5.69 Å². The van der Waals surface area contributed by atoms with Crippen molar-refractivity contribution in [2.24, 2.45) is 0 Å². The number of benzene rings is 2. The number of hydrogen-bond donors (Lipinski definition) is 1. The van der Waals surface area contributed by atoms with Crippen LogP contribution in [0.5, 0.6) is 0 Å². The van der Waals surface area contributed by atoms with Crippen LogP contribution in [0.1, 0.15) is 28.9 Å². The summed E-state index contributed by atoms with van der Waals surface area (Å²) in [4.78, 5) is 28.6. The van der Waals surface area contributed by atoms with Crippen molar-refractivity contribution >= 4 is 17.3 Å². The van der Waals surface area contributed by atoms with Gasteiger partial charge < -0.3 is 10.6 Å². The predicted octanol–water partition coefficient (Wildman–Crippen LogP) is 2.59. The number of nitrogens with two attached hydrogens (primary N) is 1. The molecule has 0 radical (unpaired) electrons. The lowest BCUT2D eigenvalue weighted by molar-refractivity contribution is -0.383. The van der Waals surface area contributed by atoms with E-state index in [-0.39, 0.29) is 28.9 Å². The Labute approximate surface area is 155 Å². The van der Waals surface area contributed by atoms with E-state index in [9.17, 15) is 14.9 Å². The molecule has 27 heavy (non-hydrogen) atoms. The third kappa shape index (κ3) is 3.61. The summed E-state index contributed by atoms with van der Waals surface area (Å²) in [5, 5.41) is 15.1. The molecule has 9 nitrogen and oxygen atoms in total. The van der Waals surface area contributed by atoms with Crippen LogP contribution in [0, 0.1) is 10.1 Å². The van der Waals surface area contributed by atoms with Crippen molar-refractivity contribution in [3.05, 3.63) is 76.4 Å². The maximum absolute atomic E-state index is 12.7. The fourth-order valence-corrected chi connectivity index (χ4v) is 2.69. The summed E-state index contributed by atoms with van der Waals surface area (Å²) < 4.78 is 1.64. The van der Waals surface area contributed by atoms with Crippen LogP contribution >= 0.6 is 0 Å². The van der Waals surface area contributed by atoms with E-state index in [1.807, 2.05) is 31.2 Å². The quantitative estimate of drug-likeness (QED) is 0.421. The summed E-state index contributed by atoms with van der Waals surface area (Å²) in [6, 6.07) is 11.4. The standard InChI is InChI=1S/C18H18N6O3/c1-12(13-3-6-15(7-4-13)23-11-20-10-21-23)22(2)18(25)14-5-8-16(19)17(9-14)24(26)27/h3-12H,19H2,1-2H3.